The summed E-state index contributed by atoms with van der Waals surface area (Å²) in [6.07, 6.45) is 4.88. The summed E-state index contributed by atoms with van der Waals surface area (Å²) in [5, 5.41) is 0.224. The molecule has 0 radical (unpaired) electrons. The number of hydrogen-bond donors (Lipinski definition) is 0. The monoisotopic (exact) mass is 196 g/mol. The van der Waals surface area contributed by atoms with Crippen LogP contribution in [-0.4, -0.2) is 5.78 Å². The Morgan fingerprint density at radius 3 is 2.92 bits per heavy atom. The van der Waals surface area contributed by atoms with Gasteiger partial charge in [0.15, 0.2) is 5.78 Å². The van der Waals surface area contributed by atoms with Gasteiger partial charge in [0.2, 0.25) is 0 Å². The zero-order chi connectivity index (χ0) is 9.84. The Bertz CT molecular complexity index is 379. The van der Waals surface area contributed by atoms with Gasteiger partial charge in [-0.1, -0.05) is 17.5 Å². The highest BCUT2D eigenvalue weighted by Gasteiger charge is 2.09. The number of rotatable bonds is 2. The standard InChI is InChI=1S/C10H6ClFO/c1-2-3-10(13)8-6-7(12)4-5-9(8)11/h1,4-6H,3H2. The lowest BCUT2D eigenvalue weighted by Crippen LogP contribution is -1.98. The number of ketones is 1. The average Bonchev–Trinajstić information content (AvgIpc) is 2.09. The first-order chi connectivity index (χ1) is 6.15. The van der Waals surface area contributed by atoms with Crippen molar-refractivity contribution in [1.29, 1.82) is 0 Å². The summed E-state index contributed by atoms with van der Waals surface area (Å²) in [4.78, 5) is 11.2. The van der Waals surface area contributed by atoms with E-state index in [-0.39, 0.29) is 22.8 Å². The van der Waals surface area contributed by atoms with E-state index >= 15 is 0 Å². The quantitative estimate of drug-likeness (QED) is 0.525. The minimum Gasteiger partial charge on any atom is -0.293 e. The maximum absolute atomic E-state index is 12.7. The van der Waals surface area contributed by atoms with Crippen LogP contribution in [0.15, 0.2) is 18.2 Å². The highest BCUT2D eigenvalue weighted by Crippen LogP contribution is 2.18. The van der Waals surface area contributed by atoms with Gasteiger partial charge in [0.05, 0.1) is 11.4 Å². The van der Waals surface area contributed by atoms with Crippen molar-refractivity contribution in [3.05, 3.63) is 34.6 Å². The summed E-state index contributed by atoms with van der Waals surface area (Å²) in [5.74, 6) is 1.35. The first-order valence-electron chi connectivity index (χ1n) is 3.57. The summed E-state index contributed by atoms with van der Waals surface area (Å²) >= 11 is 5.67. The molecule has 1 aromatic carbocycles. The van der Waals surface area contributed by atoms with Crippen molar-refractivity contribution in [2.24, 2.45) is 0 Å². The molecule has 0 bridgehead atoms. The summed E-state index contributed by atoms with van der Waals surface area (Å²) in [7, 11) is 0. The molecule has 1 rings (SSSR count). The van der Waals surface area contributed by atoms with E-state index < -0.39 is 5.82 Å². The van der Waals surface area contributed by atoms with E-state index in [9.17, 15) is 9.18 Å². The fourth-order valence-electron chi connectivity index (χ4n) is 0.899. The fraction of sp³-hybridized carbons (Fsp3) is 0.100. The van der Waals surface area contributed by atoms with Gasteiger partial charge in [-0.15, -0.1) is 6.42 Å². The molecule has 0 unspecified atom stereocenters. The molecule has 0 atom stereocenters. The van der Waals surface area contributed by atoms with Crippen molar-refractivity contribution in [3.63, 3.8) is 0 Å². The highest BCUT2D eigenvalue weighted by molar-refractivity contribution is 6.34. The minimum absolute atomic E-state index is 0.0663. The van der Waals surface area contributed by atoms with Crippen molar-refractivity contribution in [2.45, 2.75) is 6.42 Å². The molecular weight excluding hydrogens is 191 g/mol. The third kappa shape index (κ3) is 2.30. The molecule has 13 heavy (non-hydrogen) atoms. The number of carbonyl (C=O) groups excluding carboxylic acids is 1. The zero-order valence-corrected chi connectivity index (χ0v) is 7.44. The lowest BCUT2D eigenvalue weighted by atomic mass is 10.1. The lowest BCUT2D eigenvalue weighted by Gasteiger charge is -1.99. The first-order valence-corrected chi connectivity index (χ1v) is 3.94. The Morgan fingerprint density at radius 1 is 1.62 bits per heavy atom. The van der Waals surface area contributed by atoms with Crippen molar-refractivity contribution < 1.29 is 9.18 Å². The van der Waals surface area contributed by atoms with E-state index in [4.69, 9.17) is 18.0 Å². The molecule has 0 heterocycles. The molecule has 0 saturated heterocycles. The normalized spacial score (nSPS) is 9.31. The topological polar surface area (TPSA) is 17.1 Å². The minimum atomic E-state index is -0.496. The van der Waals surface area contributed by atoms with E-state index in [1.807, 2.05) is 0 Å². The van der Waals surface area contributed by atoms with Gasteiger partial charge in [-0.2, -0.15) is 0 Å². The predicted octanol–water partition coefficient (Wildman–Crippen LogP) is 2.69. The maximum atomic E-state index is 12.7. The molecule has 0 saturated carbocycles. The molecule has 0 fully saturated rings. The van der Waals surface area contributed by atoms with E-state index in [1.54, 1.807) is 0 Å². The van der Waals surface area contributed by atoms with E-state index in [0.29, 0.717) is 0 Å². The Labute approximate surface area is 80.5 Å². The Hall–Kier alpha value is -1.33. The Morgan fingerprint density at radius 2 is 2.31 bits per heavy atom. The zero-order valence-electron chi connectivity index (χ0n) is 6.68. The molecule has 66 valence electrons. The molecule has 0 spiro atoms. The van der Waals surface area contributed by atoms with Gasteiger partial charge < -0.3 is 0 Å². The van der Waals surface area contributed by atoms with Gasteiger partial charge in [-0.3, -0.25) is 4.79 Å². The number of hydrogen-bond acceptors (Lipinski definition) is 1. The second-order valence-electron chi connectivity index (χ2n) is 2.43. The van der Waals surface area contributed by atoms with Gasteiger partial charge in [0.25, 0.3) is 0 Å². The van der Waals surface area contributed by atoms with Crippen LogP contribution >= 0.6 is 11.6 Å². The molecule has 0 N–H and O–H groups in total. The molecule has 0 aliphatic rings. The largest absolute Gasteiger partial charge is 0.293 e. The maximum Gasteiger partial charge on any atom is 0.176 e. The molecule has 3 heteroatoms. The summed E-state index contributed by atoms with van der Waals surface area (Å²) in [5.41, 5.74) is 0.139. The number of halogens is 2. The average molecular weight is 197 g/mol. The first kappa shape index (κ1) is 9.76. The van der Waals surface area contributed by atoms with Crippen LogP contribution in [0.3, 0.4) is 0 Å². The highest BCUT2D eigenvalue weighted by atomic mass is 35.5. The van der Waals surface area contributed by atoms with Crippen LogP contribution in [0.1, 0.15) is 16.8 Å². The van der Waals surface area contributed by atoms with Crippen LogP contribution < -0.4 is 0 Å². The third-order valence-electron chi connectivity index (χ3n) is 1.49. The fourth-order valence-corrected chi connectivity index (χ4v) is 1.12. The van der Waals surface area contributed by atoms with Gasteiger partial charge in [-0.25, -0.2) is 4.39 Å². The number of terminal acetylenes is 1. The van der Waals surface area contributed by atoms with Crippen molar-refractivity contribution in [2.75, 3.05) is 0 Å². The molecule has 1 nitrogen and oxygen atoms in total. The molecule has 0 amide bonds. The number of benzene rings is 1. The summed E-state index contributed by atoms with van der Waals surface area (Å²) in [6.45, 7) is 0. The third-order valence-corrected chi connectivity index (χ3v) is 1.82. The van der Waals surface area contributed by atoms with E-state index in [0.717, 1.165) is 6.07 Å². The molecular formula is C10H6ClFO. The second kappa shape index (κ2) is 4.06. The van der Waals surface area contributed by atoms with Gasteiger partial charge in [0, 0.05) is 5.56 Å². The van der Waals surface area contributed by atoms with Crippen LogP contribution in [0.4, 0.5) is 4.39 Å². The van der Waals surface area contributed by atoms with Crippen LogP contribution in [-0.2, 0) is 0 Å². The van der Waals surface area contributed by atoms with Gasteiger partial charge in [-0.05, 0) is 18.2 Å². The molecule has 1 aromatic rings. The van der Waals surface area contributed by atoms with E-state index in [2.05, 4.69) is 5.92 Å². The molecule has 0 aliphatic heterocycles. The van der Waals surface area contributed by atoms with Crippen molar-refractivity contribution in [3.8, 4) is 12.3 Å². The van der Waals surface area contributed by atoms with Crippen molar-refractivity contribution >= 4 is 17.4 Å². The Balaban J connectivity index is 3.07. The van der Waals surface area contributed by atoms with Gasteiger partial charge in [0.1, 0.15) is 5.82 Å². The van der Waals surface area contributed by atoms with Gasteiger partial charge >= 0.3 is 0 Å². The van der Waals surface area contributed by atoms with Crippen LogP contribution in [0.2, 0.25) is 5.02 Å². The second-order valence-corrected chi connectivity index (χ2v) is 2.84. The van der Waals surface area contributed by atoms with Crippen LogP contribution in [0, 0.1) is 18.2 Å². The summed E-state index contributed by atoms with van der Waals surface area (Å²) in [6, 6.07) is 3.61. The van der Waals surface area contributed by atoms with E-state index in [1.165, 1.54) is 12.1 Å². The summed E-state index contributed by atoms with van der Waals surface area (Å²) < 4.78 is 12.7. The Kier molecular flexibility index (Phi) is 3.05. The smallest absolute Gasteiger partial charge is 0.176 e. The van der Waals surface area contributed by atoms with Crippen molar-refractivity contribution in [1.82, 2.24) is 0 Å². The SMILES string of the molecule is C#CCC(=O)c1cc(F)ccc1Cl. The molecule has 0 aromatic heterocycles. The molecule has 0 aliphatic carbocycles. The lowest BCUT2D eigenvalue weighted by molar-refractivity contribution is 0.0998. The van der Waals surface area contributed by atoms with Crippen LogP contribution in [0.5, 0.6) is 0 Å². The number of carbonyl (C=O) groups is 1. The predicted molar refractivity (Wildman–Crippen MR) is 49.2 cm³/mol. The number of Topliss-reactive ketones (excluding diaryl/α,β-unsaturated/α-hetero) is 1. The van der Waals surface area contributed by atoms with Crippen LogP contribution in [0.25, 0.3) is 0 Å².